The van der Waals surface area contributed by atoms with Gasteiger partial charge in [0.15, 0.2) is 22.5 Å². The largest absolute Gasteiger partial charge is 0.485 e. The molecule has 1 N–H and O–H groups in total. The molecule has 5 aromatic rings. The first-order valence-electron chi connectivity index (χ1n) is 15.5. The van der Waals surface area contributed by atoms with Gasteiger partial charge >= 0.3 is 5.97 Å². The highest BCUT2D eigenvalue weighted by Gasteiger charge is 2.25. The quantitative estimate of drug-likeness (QED) is 0.112. The molecule has 0 saturated carbocycles. The molecule has 3 aromatic carbocycles. The summed E-state index contributed by atoms with van der Waals surface area (Å²) in [5.41, 5.74) is 0.591. The third kappa shape index (κ3) is 7.97. The third-order valence-corrected chi connectivity index (χ3v) is 8.25. The van der Waals surface area contributed by atoms with Gasteiger partial charge in [-0.05, 0) is 42.8 Å². The van der Waals surface area contributed by atoms with Gasteiger partial charge in [-0.15, -0.1) is 0 Å². The van der Waals surface area contributed by atoms with Crippen molar-refractivity contribution in [2.75, 3.05) is 26.7 Å². The maximum Gasteiger partial charge on any atom is 0.345 e. The number of hydrogen-bond acceptors (Lipinski definition) is 12. The van der Waals surface area contributed by atoms with E-state index in [1.165, 1.54) is 24.3 Å². The molecule has 1 aliphatic rings. The molecule has 0 fully saturated rings. The Hall–Kier alpha value is -6.27. The van der Waals surface area contributed by atoms with Crippen LogP contribution in [0.1, 0.15) is 34.0 Å². The number of H-pyrrole nitrogens is 1. The second kappa shape index (κ2) is 15.5. The van der Waals surface area contributed by atoms with Crippen LogP contribution >= 0.6 is 11.8 Å². The molecule has 2 aromatic heterocycles. The summed E-state index contributed by atoms with van der Waals surface area (Å²) in [5.74, 6) is -3.75. The molecule has 0 amide bonds. The molecular formula is C36H28F2N6O6S. The standard InChI is InChI=1S/C36H28F2N6O6S/c1-3-47-35(46)25-18-42-36(43-33(25)45)51-23-10-12-27(24(16-23)32-40-13-14-44(32)2)49-31-26(37)19-41-34(30(31)38)50-29-15-22(17-39)9-11-28(29)48-20-21-7-5-4-6-8-21/h4-12,15-16,18-19H,3,13-14,20H2,1-2H3,(H,42,43,45). The number of pyridine rings is 1. The average Bonchev–Trinajstić information content (AvgIpc) is 3.57. The monoisotopic (exact) mass is 710 g/mol. The van der Waals surface area contributed by atoms with Gasteiger partial charge in [0, 0.05) is 30.8 Å². The molecule has 0 unspecified atom stereocenters. The van der Waals surface area contributed by atoms with Gasteiger partial charge in [0.1, 0.15) is 23.8 Å². The number of hydrogen-bond donors (Lipinski definition) is 1. The van der Waals surface area contributed by atoms with Crippen LogP contribution in [0.5, 0.6) is 28.9 Å². The summed E-state index contributed by atoms with van der Waals surface area (Å²) in [4.78, 5) is 42.0. The molecule has 51 heavy (non-hydrogen) atoms. The predicted molar refractivity (Wildman–Crippen MR) is 182 cm³/mol. The number of nitrogens with one attached hydrogen (secondary N) is 1. The summed E-state index contributed by atoms with van der Waals surface area (Å²) in [7, 11) is 1.81. The van der Waals surface area contributed by atoms with Crippen LogP contribution in [0.25, 0.3) is 0 Å². The highest BCUT2D eigenvalue weighted by Crippen LogP contribution is 2.39. The van der Waals surface area contributed by atoms with E-state index in [9.17, 15) is 14.9 Å². The van der Waals surface area contributed by atoms with Gasteiger partial charge < -0.3 is 28.8 Å². The van der Waals surface area contributed by atoms with Gasteiger partial charge in [0.2, 0.25) is 11.6 Å². The fourth-order valence-corrected chi connectivity index (χ4v) is 5.66. The van der Waals surface area contributed by atoms with Crippen LogP contribution in [-0.2, 0) is 11.3 Å². The number of aliphatic imine (C=N–C) groups is 1. The van der Waals surface area contributed by atoms with E-state index in [0.717, 1.165) is 29.7 Å². The first-order chi connectivity index (χ1) is 24.7. The fourth-order valence-electron chi connectivity index (χ4n) is 4.88. The molecule has 0 spiro atoms. The first-order valence-corrected chi connectivity index (χ1v) is 16.3. The maximum absolute atomic E-state index is 16.0. The number of benzene rings is 3. The van der Waals surface area contributed by atoms with Crippen molar-refractivity contribution >= 4 is 23.6 Å². The molecule has 0 aliphatic carbocycles. The van der Waals surface area contributed by atoms with Crippen LogP contribution in [0.4, 0.5) is 8.78 Å². The molecule has 15 heteroatoms. The van der Waals surface area contributed by atoms with Crippen LogP contribution in [-0.4, -0.2) is 58.4 Å². The average molecular weight is 711 g/mol. The summed E-state index contributed by atoms with van der Waals surface area (Å²) in [6.07, 6.45) is 1.90. The number of nitriles is 1. The topological polar surface area (TPSA) is 152 Å². The lowest BCUT2D eigenvalue weighted by atomic mass is 10.1. The second-order valence-corrected chi connectivity index (χ2v) is 11.9. The van der Waals surface area contributed by atoms with Gasteiger partial charge in [-0.1, -0.05) is 42.1 Å². The van der Waals surface area contributed by atoms with Gasteiger partial charge in [0.05, 0.1) is 36.5 Å². The summed E-state index contributed by atoms with van der Waals surface area (Å²) >= 11 is 1.08. The Morgan fingerprint density at radius 2 is 1.82 bits per heavy atom. The zero-order valence-corrected chi connectivity index (χ0v) is 28.0. The Balaban J connectivity index is 1.29. The van der Waals surface area contributed by atoms with Crippen molar-refractivity contribution in [2.24, 2.45) is 4.99 Å². The van der Waals surface area contributed by atoms with E-state index in [4.69, 9.17) is 18.9 Å². The lowest BCUT2D eigenvalue weighted by Gasteiger charge is -2.19. The van der Waals surface area contributed by atoms with Gasteiger partial charge in [0.25, 0.3) is 11.4 Å². The van der Waals surface area contributed by atoms with Crippen LogP contribution in [0.15, 0.2) is 99.0 Å². The van der Waals surface area contributed by atoms with Crippen molar-refractivity contribution in [3.8, 4) is 34.9 Å². The minimum absolute atomic E-state index is 0.0140. The minimum atomic E-state index is -1.24. The normalized spacial score (nSPS) is 12.2. The van der Waals surface area contributed by atoms with Gasteiger partial charge in [-0.25, -0.2) is 19.2 Å². The number of aromatic amines is 1. The Labute approximate surface area is 294 Å². The Morgan fingerprint density at radius 1 is 1.02 bits per heavy atom. The number of likely N-dealkylation sites (N-methyl/N-ethyl adjacent to an activating group) is 1. The number of ether oxygens (including phenoxy) is 4. The summed E-state index contributed by atoms with van der Waals surface area (Å²) in [5, 5.41) is 9.66. The van der Waals surface area contributed by atoms with Crippen molar-refractivity contribution in [1.82, 2.24) is 19.9 Å². The summed E-state index contributed by atoms with van der Waals surface area (Å²) < 4.78 is 53.7. The predicted octanol–water partition coefficient (Wildman–Crippen LogP) is 6.50. The molecule has 1 aliphatic heterocycles. The van der Waals surface area contributed by atoms with E-state index >= 15 is 8.78 Å². The molecule has 0 radical (unpaired) electrons. The van der Waals surface area contributed by atoms with Crippen LogP contribution in [0.3, 0.4) is 0 Å². The number of halogens is 2. The number of carbonyl (C=O) groups excluding carboxylic acids is 1. The lowest BCUT2D eigenvalue weighted by molar-refractivity contribution is 0.0523. The highest BCUT2D eigenvalue weighted by atomic mass is 32.2. The molecule has 3 heterocycles. The van der Waals surface area contributed by atoms with E-state index in [2.05, 4.69) is 19.9 Å². The SMILES string of the molecule is CCOC(=O)c1cnc(Sc2ccc(Oc3c(F)cnc(Oc4cc(C#N)ccc4OCc4ccccc4)c3F)c(C3=NCCN3C)c2)[nH]c1=O. The molecule has 0 bridgehead atoms. The maximum atomic E-state index is 16.0. The van der Waals surface area contributed by atoms with E-state index in [1.807, 2.05) is 48.3 Å². The second-order valence-electron chi connectivity index (χ2n) is 10.8. The number of nitrogens with zero attached hydrogens (tertiary/aromatic N) is 5. The van der Waals surface area contributed by atoms with Crippen molar-refractivity contribution < 1.29 is 32.5 Å². The van der Waals surface area contributed by atoms with Crippen molar-refractivity contribution in [3.63, 3.8) is 0 Å². The highest BCUT2D eigenvalue weighted by molar-refractivity contribution is 7.99. The van der Waals surface area contributed by atoms with E-state index in [-0.39, 0.29) is 46.7 Å². The Morgan fingerprint density at radius 3 is 2.55 bits per heavy atom. The number of carbonyl (C=O) groups is 1. The molecule has 12 nitrogen and oxygen atoms in total. The number of amidine groups is 1. The van der Waals surface area contributed by atoms with E-state index < -0.39 is 34.8 Å². The van der Waals surface area contributed by atoms with Crippen molar-refractivity contribution in [2.45, 2.75) is 23.6 Å². The molecule has 258 valence electrons. The van der Waals surface area contributed by atoms with Crippen LogP contribution < -0.4 is 19.8 Å². The molecule has 0 atom stereocenters. The minimum Gasteiger partial charge on any atom is -0.485 e. The van der Waals surface area contributed by atoms with Crippen LogP contribution in [0.2, 0.25) is 0 Å². The third-order valence-electron chi connectivity index (χ3n) is 7.36. The van der Waals surface area contributed by atoms with Crippen molar-refractivity contribution in [3.05, 3.63) is 123 Å². The Bertz CT molecular complexity index is 2230. The molecule has 0 saturated heterocycles. The summed E-state index contributed by atoms with van der Waals surface area (Å²) in [6, 6.07) is 20.5. The van der Waals surface area contributed by atoms with Gasteiger partial charge in [-0.2, -0.15) is 9.65 Å². The number of aromatic nitrogens is 3. The van der Waals surface area contributed by atoms with Crippen LogP contribution in [0, 0.1) is 23.0 Å². The number of rotatable bonds is 12. The molecule has 6 rings (SSSR count). The smallest absolute Gasteiger partial charge is 0.345 e. The molecular weight excluding hydrogens is 682 g/mol. The van der Waals surface area contributed by atoms with Crippen molar-refractivity contribution in [1.29, 1.82) is 5.26 Å². The zero-order valence-electron chi connectivity index (χ0n) is 27.2. The van der Waals surface area contributed by atoms with Gasteiger partial charge in [-0.3, -0.25) is 9.79 Å². The lowest BCUT2D eigenvalue weighted by Crippen LogP contribution is -2.24. The van der Waals surface area contributed by atoms with E-state index in [0.29, 0.717) is 29.4 Å². The number of esters is 1. The fraction of sp³-hybridized carbons (Fsp3) is 0.167. The Kier molecular flexibility index (Phi) is 10.5. The summed E-state index contributed by atoms with van der Waals surface area (Å²) in [6.45, 7) is 2.98. The first kappa shape index (κ1) is 34.6. The zero-order chi connectivity index (χ0) is 35.9. The van der Waals surface area contributed by atoms with E-state index in [1.54, 1.807) is 19.1 Å².